The molecule has 6 nitrogen and oxygen atoms in total. The number of nitrogens with zero attached hydrogens (tertiary/aromatic N) is 4. The van der Waals surface area contributed by atoms with E-state index in [1.54, 1.807) is 0 Å². The summed E-state index contributed by atoms with van der Waals surface area (Å²) in [7, 11) is 3.98. The second kappa shape index (κ2) is 7.11. The van der Waals surface area contributed by atoms with E-state index in [1.165, 1.54) is 0 Å². The Hall–Kier alpha value is -3.15. The van der Waals surface area contributed by atoms with E-state index in [-0.39, 0.29) is 11.8 Å². The van der Waals surface area contributed by atoms with Crippen molar-refractivity contribution in [3.8, 4) is 11.5 Å². The van der Waals surface area contributed by atoms with Crippen molar-refractivity contribution in [2.75, 3.05) is 30.4 Å². The van der Waals surface area contributed by atoms with E-state index in [9.17, 15) is 4.79 Å². The van der Waals surface area contributed by atoms with Crippen LogP contribution in [0.1, 0.15) is 29.3 Å². The molecule has 0 aliphatic carbocycles. The SMILES string of the molecule is Cc1ccc(C)c(N2CC(c3noc(-c4cccc(N(C)C)c4)n3)CC2=O)c1. The monoisotopic (exact) mass is 376 g/mol. The molecule has 0 saturated carbocycles. The molecule has 1 atom stereocenters. The number of carbonyl (C=O) groups excluding carboxylic acids is 1. The van der Waals surface area contributed by atoms with E-state index in [4.69, 9.17) is 4.52 Å². The lowest BCUT2D eigenvalue weighted by Gasteiger charge is -2.19. The fourth-order valence-electron chi connectivity index (χ4n) is 3.56. The first-order chi connectivity index (χ1) is 13.4. The number of hydrogen-bond donors (Lipinski definition) is 0. The number of benzene rings is 2. The average molecular weight is 376 g/mol. The van der Waals surface area contributed by atoms with Gasteiger partial charge < -0.3 is 14.3 Å². The zero-order valence-corrected chi connectivity index (χ0v) is 16.6. The highest BCUT2D eigenvalue weighted by Crippen LogP contribution is 2.33. The third-order valence-electron chi connectivity index (χ3n) is 5.20. The van der Waals surface area contributed by atoms with Gasteiger partial charge in [0.25, 0.3) is 5.89 Å². The van der Waals surface area contributed by atoms with E-state index >= 15 is 0 Å². The predicted octanol–water partition coefficient (Wildman–Crippen LogP) is 3.94. The van der Waals surface area contributed by atoms with Crippen molar-refractivity contribution in [2.45, 2.75) is 26.2 Å². The number of aryl methyl sites for hydroxylation is 2. The minimum Gasteiger partial charge on any atom is -0.378 e. The van der Waals surface area contributed by atoms with Gasteiger partial charge in [-0.2, -0.15) is 4.98 Å². The van der Waals surface area contributed by atoms with Gasteiger partial charge in [0.2, 0.25) is 5.91 Å². The first-order valence-corrected chi connectivity index (χ1v) is 9.41. The maximum atomic E-state index is 12.7. The van der Waals surface area contributed by atoms with Crippen LogP contribution in [0.25, 0.3) is 11.5 Å². The summed E-state index contributed by atoms with van der Waals surface area (Å²) in [6, 6.07) is 14.1. The molecule has 2 heterocycles. The summed E-state index contributed by atoms with van der Waals surface area (Å²) in [6.45, 7) is 4.63. The molecule has 1 amide bonds. The molecule has 0 N–H and O–H groups in total. The second-order valence-electron chi connectivity index (χ2n) is 7.60. The molecule has 3 aromatic rings. The average Bonchev–Trinajstić information content (AvgIpc) is 3.31. The van der Waals surface area contributed by atoms with Crippen LogP contribution in [0, 0.1) is 13.8 Å². The van der Waals surface area contributed by atoms with Gasteiger partial charge in [0.1, 0.15) is 0 Å². The summed E-state index contributed by atoms with van der Waals surface area (Å²) in [5, 5.41) is 4.17. The molecule has 1 aromatic heterocycles. The summed E-state index contributed by atoms with van der Waals surface area (Å²) in [4.78, 5) is 21.1. The molecule has 1 saturated heterocycles. The van der Waals surface area contributed by atoms with Crippen LogP contribution in [0.2, 0.25) is 0 Å². The smallest absolute Gasteiger partial charge is 0.258 e. The van der Waals surface area contributed by atoms with Crippen molar-refractivity contribution in [2.24, 2.45) is 0 Å². The Balaban J connectivity index is 1.57. The Morgan fingerprint density at radius 1 is 1.14 bits per heavy atom. The molecular formula is C22H24N4O2. The molecular weight excluding hydrogens is 352 g/mol. The zero-order chi connectivity index (χ0) is 19.8. The summed E-state index contributed by atoms with van der Waals surface area (Å²) in [5.41, 5.74) is 5.14. The summed E-state index contributed by atoms with van der Waals surface area (Å²) >= 11 is 0. The van der Waals surface area contributed by atoms with Crippen molar-refractivity contribution in [3.05, 3.63) is 59.4 Å². The Morgan fingerprint density at radius 2 is 1.96 bits per heavy atom. The van der Waals surface area contributed by atoms with E-state index in [0.717, 1.165) is 28.1 Å². The van der Waals surface area contributed by atoms with E-state index in [2.05, 4.69) is 28.3 Å². The number of aromatic nitrogens is 2. The zero-order valence-electron chi connectivity index (χ0n) is 16.6. The van der Waals surface area contributed by atoms with Crippen LogP contribution in [0.5, 0.6) is 0 Å². The van der Waals surface area contributed by atoms with Gasteiger partial charge in [-0.25, -0.2) is 0 Å². The van der Waals surface area contributed by atoms with Gasteiger partial charge in [-0.1, -0.05) is 23.4 Å². The van der Waals surface area contributed by atoms with Crippen LogP contribution in [-0.4, -0.2) is 36.7 Å². The maximum Gasteiger partial charge on any atom is 0.258 e. The standard InChI is InChI=1S/C22H24N4O2/c1-14-8-9-15(2)19(10-14)26-13-17(12-20(26)27)21-23-22(28-24-21)16-6-5-7-18(11-16)25(3)4/h5-11,17H,12-13H2,1-4H3. The van der Waals surface area contributed by atoms with Gasteiger partial charge in [-0.3, -0.25) is 4.79 Å². The Morgan fingerprint density at radius 3 is 2.75 bits per heavy atom. The predicted molar refractivity (Wildman–Crippen MR) is 110 cm³/mol. The molecule has 0 radical (unpaired) electrons. The lowest BCUT2D eigenvalue weighted by Crippen LogP contribution is -2.25. The minimum absolute atomic E-state index is 0.0676. The van der Waals surface area contributed by atoms with Gasteiger partial charge in [0, 0.05) is 49.9 Å². The summed E-state index contributed by atoms with van der Waals surface area (Å²) < 4.78 is 5.51. The lowest BCUT2D eigenvalue weighted by atomic mass is 10.1. The number of amides is 1. The highest BCUT2D eigenvalue weighted by molar-refractivity contribution is 5.97. The Kier molecular flexibility index (Phi) is 4.63. The normalized spacial score (nSPS) is 16.6. The largest absolute Gasteiger partial charge is 0.378 e. The third-order valence-corrected chi connectivity index (χ3v) is 5.20. The van der Waals surface area contributed by atoms with Gasteiger partial charge in [-0.05, 0) is 49.2 Å². The van der Waals surface area contributed by atoms with Crippen LogP contribution in [0.3, 0.4) is 0 Å². The third kappa shape index (κ3) is 3.38. The molecule has 28 heavy (non-hydrogen) atoms. The fraction of sp³-hybridized carbons (Fsp3) is 0.318. The van der Waals surface area contributed by atoms with Gasteiger partial charge >= 0.3 is 0 Å². The minimum atomic E-state index is -0.0676. The first-order valence-electron chi connectivity index (χ1n) is 9.41. The molecule has 4 rings (SSSR count). The Labute approximate surface area is 164 Å². The lowest BCUT2D eigenvalue weighted by molar-refractivity contribution is -0.117. The van der Waals surface area contributed by atoms with E-state index < -0.39 is 0 Å². The molecule has 0 spiro atoms. The topological polar surface area (TPSA) is 62.5 Å². The molecule has 0 bridgehead atoms. The van der Waals surface area contributed by atoms with Crippen LogP contribution < -0.4 is 9.80 Å². The van der Waals surface area contributed by atoms with E-state index in [0.29, 0.717) is 24.7 Å². The van der Waals surface area contributed by atoms with Crippen molar-refractivity contribution >= 4 is 17.3 Å². The molecule has 144 valence electrons. The molecule has 1 aliphatic heterocycles. The highest BCUT2D eigenvalue weighted by Gasteiger charge is 2.35. The first kappa shape index (κ1) is 18.2. The van der Waals surface area contributed by atoms with Crippen LogP contribution in [0.4, 0.5) is 11.4 Å². The quantitative estimate of drug-likeness (QED) is 0.690. The highest BCUT2D eigenvalue weighted by atomic mass is 16.5. The van der Waals surface area contributed by atoms with Crippen molar-refractivity contribution in [1.29, 1.82) is 0 Å². The van der Waals surface area contributed by atoms with Gasteiger partial charge in [0.15, 0.2) is 5.82 Å². The van der Waals surface area contributed by atoms with E-state index in [1.807, 2.05) is 62.0 Å². The van der Waals surface area contributed by atoms with Crippen molar-refractivity contribution in [1.82, 2.24) is 10.1 Å². The number of rotatable bonds is 4. The number of hydrogen-bond acceptors (Lipinski definition) is 5. The van der Waals surface area contributed by atoms with Crippen LogP contribution in [0.15, 0.2) is 47.0 Å². The fourth-order valence-corrected chi connectivity index (χ4v) is 3.56. The molecule has 6 heteroatoms. The molecule has 1 unspecified atom stereocenters. The van der Waals surface area contributed by atoms with Gasteiger partial charge in [0.05, 0.1) is 0 Å². The summed E-state index contributed by atoms with van der Waals surface area (Å²) in [6.07, 6.45) is 0.393. The summed E-state index contributed by atoms with van der Waals surface area (Å²) in [5.74, 6) is 1.10. The van der Waals surface area contributed by atoms with Crippen molar-refractivity contribution in [3.63, 3.8) is 0 Å². The van der Waals surface area contributed by atoms with Crippen LogP contribution in [-0.2, 0) is 4.79 Å². The number of anilines is 2. The molecule has 2 aromatic carbocycles. The molecule has 1 aliphatic rings. The van der Waals surface area contributed by atoms with Gasteiger partial charge in [-0.15, -0.1) is 0 Å². The maximum absolute atomic E-state index is 12.7. The van der Waals surface area contributed by atoms with Crippen LogP contribution >= 0.6 is 0 Å². The second-order valence-corrected chi connectivity index (χ2v) is 7.60. The molecule has 1 fully saturated rings. The van der Waals surface area contributed by atoms with Crippen molar-refractivity contribution < 1.29 is 9.32 Å². The number of carbonyl (C=O) groups is 1. The Bertz CT molecular complexity index is 1020.